The predicted molar refractivity (Wildman–Crippen MR) is 176 cm³/mol. The van der Waals surface area contributed by atoms with E-state index in [1.807, 2.05) is 30.3 Å². The zero-order valence-corrected chi connectivity index (χ0v) is 26.3. The maximum Gasteiger partial charge on any atom is 0.407 e. The van der Waals surface area contributed by atoms with Gasteiger partial charge in [0, 0.05) is 30.8 Å². The minimum atomic E-state index is -1.03. The number of benzene rings is 3. The second kappa shape index (κ2) is 16.9. The summed E-state index contributed by atoms with van der Waals surface area (Å²) in [5.41, 5.74) is 9.10. The molecule has 9 nitrogen and oxygen atoms in total. The van der Waals surface area contributed by atoms with Crippen LogP contribution in [0.2, 0.25) is 0 Å². The molecule has 1 fully saturated rings. The quantitative estimate of drug-likeness (QED) is 0.160. The number of pyridine rings is 1. The molecule has 5 N–H and O–H groups in total. The molecule has 0 bridgehead atoms. The maximum absolute atomic E-state index is 14.9. The fourth-order valence-corrected chi connectivity index (χ4v) is 5.47. The van der Waals surface area contributed by atoms with Gasteiger partial charge >= 0.3 is 6.09 Å². The summed E-state index contributed by atoms with van der Waals surface area (Å²) in [6.07, 6.45) is 2.67. The van der Waals surface area contributed by atoms with E-state index in [2.05, 4.69) is 20.9 Å². The van der Waals surface area contributed by atoms with Crippen LogP contribution in [0.5, 0.6) is 0 Å². The van der Waals surface area contributed by atoms with Gasteiger partial charge in [-0.25, -0.2) is 18.0 Å². The van der Waals surface area contributed by atoms with Crippen molar-refractivity contribution < 1.29 is 32.2 Å². The summed E-state index contributed by atoms with van der Waals surface area (Å²) in [4.78, 5) is 29.1. The SMILES string of the molecule is N[C@@H](Cc1ccc(F)c(-c2ccc(F)cc2)c1)C(=O)Nc1cncc(F)c1CC[C@@H]1CNC[C@@H](COC(=O)NCCc2ccccc2)O1. The maximum atomic E-state index is 14.9. The number of anilines is 1. The van der Waals surface area contributed by atoms with Gasteiger partial charge in [-0.1, -0.05) is 48.5 Å². The van der Waals surface area contributed by atoms with E-state index in [0.717, 1.165) is 11.8 Å². The first-order valence-electron chi connectivity index (χ1n) is 15.8. The summed E-state index contributed by atoms with van der Waals surface area (Å²) in [5.74, 6) is -2.07. The van der Waals surface area contributed by atoms with Crippen LogP contribution in [0.4, 0.5) is 23.7 Å². The molecule has 1 aliphatic rings. The zero-order valence-electron chi connectivity index (χ0n) is 26.3. The highest BCUT2D eigenvalue weighted by Crippen LogP contribution is 2.26. The first-order chi connectivity index (χ1) is 23.2. The van der Waals surface area contributed by atoms with Crippen LogP contribution in [0.15, 0.2) is 85.2 Å². The molecule has 0 spiro atoms. The van der Waals surface area contributed by atoms with E-state index >= 15 is 0 Å². The number of halogens is 3. The summed E-state index contributed by atoms with van der Waals surface area (Å²) >= 11 is 0. The number of amides is 2. The lowest BCUT2D eigenvalue weighted by molar-refractivity contribution is -0.117. The third-order valence-corrected chi connectivity index (χ3v) is 8.01. The van der Waals surface area contributed by atoms with Gasteiger partial charge < -0.3 is 31.2 Å². The molecule has 0 aliphatic carbocycles. The van der Waals surface area contributed by atoms with Crippen LogP contribution in [0, 0.1) is 17.5 Å². The molecule has 1 aliphatic heterocycles. The topological polar surface area (TPSA) is 128 Å². The largest absolute Gasteiger partial charge is 0.447 e. The van der Waals surface area contributed by atoms with Gasteiger partial charge in [-0.15, -0.1) is 0 Å². The van der Waals surface area contributed by atoms with E-state index in [1.165, 1.54) is 42.6 Å². The third-order valence-electron chi connectivity index (χ3n) is 8.01. The van der Waals surface area contributed by atoms with Crippen LogP contribution in [-0.2, 0) is 33.5 Å². The van der Waals surface area contributed by atoms with Crippen molar-refractivity contribution in [2.75, 3.05) is 31.6 Å². The molecule has 12 heteroatoms. The number of carbonyl (C=O) groups is 2. The number of hydrogen-bond acceptors (Lipinski definition) is 7. The number of carbonyl (C=O) groups excluding carboxylic acids is 2. The molecular weight excluding hydrogens is 623 g/mol. The van der Waals surface area contributed by atoms with Crippen molar-refractivity contribution in [2.24, 2.45) is 5.73 Å². The van der Waals surface area contributed by atoms with Crippen LogP contribution < -0.4 is 21.7 Å². The van der Waals surface area contributed by atoms with Crippen molar-refractivity contribution in [3.8, 4) is 11.1 Å². The van der Waals surface area contributed by atoms with E-state index in [-0.39, 0.29) is 48.5 Å². The minimum Gasteiger partial charge on any atom is -0.447 e. The van der Waals surface area contributed by atoms with Crippen LogP contribution >= 0.6 is 0 Å². The molecule has 0 radical (unpaired) electrons. The van der Waals surface area contributed by atoms with Crippen LogP contribution in [0.3, 0.4) is 0 Å². The first kappa shape index (κ1) is 34.6. The van der Waals surface area contributed by atoms with Crippen molar-refractivity contribution in [1.29, 1.82) is 0 Å². The zero-order chi connectivity index (χ0) is 33.9. The molecule has 0 saturated carbocycles. The molecule has 1 aromatic heterocycles. The molecule has 48 heavy (non-hydrogen) atoms. The normalized spacial score (nSPS) is 16.6. The second-order valence-electron chi connectivity index (χ2n) is 11.6. The molecule has 252 valence electrons. The standard InChI is InChI=1S/C36H38F3N5O4/c37-26-9-7-25(8-10-26)30-16-24(6-13-31(30)38)17-33(40)35(45)44-34-21-42-20-32(39)29(34)12-11-27-18-41-19-28(48-27)22-47-36(46)43-15-14-23-4-2-1-3-5-23/h1-10,13,16,20-21,27-28,33,41H,11-12,14-15,17-19,22,40H2,(H,43,46)(H,44,45)/t27-,28+,33+/m1/s1. The van der Waals surface area contributed by atoms with Crippen LogP contribution in [-0.4, -0.2) is 61.5 Å². The molecule has 3 aromatic carbocycles. The van der Waals surface area contributed by atoms with E-state index in [4.69, 9.17) is 15.2 Å². The lowest BCUT2D eigenvalue weighted by Crippen LogP contribution is -2.47. The molecule has 2 heterocycles. The van der Waals surface area contributed by atoms with Crippen molar-refractivity contribution in [2.45, 2.75) is 43.9 Å². The number of morpholine rings is 1. The molecule has 0 unspecified atom stereocenters. The van der Waals surface area contributed by atoms with Crippen LogP contribution in [0.25, 0.3) is 11.1 Å². The van der Waals surface area contributed by atoms with Gasteiger partial charge in [-0.3, -0.25) is 9.78 Å². The van der Waals surface area contributed by atoms with Crippen LogP contribution in [0.1, 0.15) is 23.1 Å². The fraction of sp³-hybridized carbons (Fsp3) is 0.306. The predicted octanol–water partition coefficient (Wildman–Crippen LogP) is 4.93. The monoisotopic (exact) mass is 661 g/mol. The van der Waals surface area contributed by atoms with Gasteiger partial charge in [-0.2, -0.15) is 0 Å². The number of hydrogen-bond donors (Lipinski definition) is 4. The highest BCUT2D eigenvalue weighted by molar-refractivity contribution is 5.95. The molecule has 5 rings (SSSR count). The summed E-state index contributed by atoms with van der Waals surface area (Å²) in [6, 6.07) is 18.6. The Morgan fingerprint density at radius 1 is 0.938 bits per heavy atom. The smallest absolute Gasteiger partial charge is 0.407 e. The molecule has 1 saturated heterocycles. The Labute approximate surface area is 277 Å². The molecule has 4 aromatic rings. The first-order valence-corrected chi connectivity index (χ1v) is 15.8. The van der Waals surface area contributed by atoms with Crippen molar-refractivity contribution in [3.63, 3.8) is 0 Å². The van der Waals surface area contributed by atoms with Gasteiger partial charge in [0.25, 0.3) is 0 Å². The van der Waals surface area contributed by atoms with E-state index < -0.39 is 35.5 Å². The van der Waals surface area contributed by atoms with E-state index in [1.54, 1.807) is 6.07 Å². The Hall–Kier alpha value is -4.78. The highest BCUT2D eigenvalue weighted by atomic mass is 19.1. The number of alkyl carbamates (subject to hydrolysis) is 1. The average Bonchev–Trinajstić information content (AvgIpc) is 3.09. The lowest BCUT2D eigenvalue weighted by atomic mass is 9.98. The van der Waals surface area contributed by atoms with Gasteiger partial charge in [0.1, 0.15) is 30.2 Å². The third kappa shape index (κ3) is 9.86. The van der Waals surface area contributed by atoms with Gasteiger partial charge in [0.05, 0.1) is 30.2 Å². The number of nitrogens with zero attached hydrogens (tertiary/aromatic N) is 1. The highest BCUT2D eigenvalue weighted by Gasteiger charge is 2.25. The van der Waals surface area contributed by atoms with Gasteiger partial charge in [-0.05, 0) is 66.6 Å². The van der Waals surface area contributed by atoms with E-state index in [0.29, 0.717) is 43.6 Å². The number of ether oxygens (including phenoxy) is 2. The number of rotatable bonds is 13. The average molecular weight is 662 g/mol. The number of nitrogens with two attached hydrogens (primary N) is 1. The second-order valence-corrected chi connectivity index (χ2v) is 11.6. The Morgan fingerprint density at radius 2 is 1.71 bits per heavy atom. The summed E-state index contributed by atoms with van der Waals surface area (Å²) < 4.78 is 54.3. The summed E-state index contributed by atoms with van der Waals surface area (Å²) in [6.45, 7) is 1.52. The number of aromatic nitrogens is 1. The Morgan fingerprint density at radius 3 is 2.50 bits per heavy atom. The number of nitrogens with one attached hydrogen (secondary N) is 3. The van der Waals surface area contributed by atoms with Gasteiger partial charge in [0.15, 0.2) is 0 Å². The molecular formula is C36H38F3N5O4. The van der Waals surface area contributed by atoms with E-state index in [9.17, 15) is 22.8 Å². The summed E-state index contributed by atoms with van der Waals surface area (Å²) in [7, 11) is 0. The minimum absolute atomic E-state index is 0.0585. The van der Waals surface area contributed by atoms with Crippen molar-refractivity contribution in [3.05, 3.63) is 119 Å². The Balaban J connectivity index is 1.11. The lowest BCUT2D eigenvalue weighted by Gasteiger charge is -2.30. The molecule has 3 atom stereocenters. The Kier molecular flexibility index (Phi) is 12.1. The Bertz CT molecular complexity index is 1680. The fourth-order valence-electron chi connectivity index (χ4n) is 5.47. The summed E-state index contributed by atoms with van der Waals surface area (Å²) in [5, 5.41) is 8.69. The van der Waals surface area contributed by atoms with Gasteiger partial charge in [0.2, 0.25) is 5.91 Å². The van der Waals surface area contributed by atoms with Crippen molar-refractivity contribution >= 4 is 17.7 Å². The van der Waals surface area contributed by atoms with Crippen molar-refractivity contribution in [1.82, 2.24) is 15.6 Å². The molecule has 2 amide bonds.